The van der Waals surface area contributed by atoms with Crippen molar-refractivity contribution >= 4 is 29.4 Å². The van der Waals surface area contributed by atoms with Crippen molar-refractivity contribution in [3.05, 3.63) is 34.6 Å². The minimum Gasteiger partial charge on any atom is -0.367 e. The summed E-state index contributed by atoms with van der Waals surface area (Å²) in [7, 11) is 0. The molecule has 0 heterocycles. The molecule has 0 aliphatic rings. The van der Waals surface area contributed by atoms with Gasteiger partial charge in [0.05, 0.1) is 5.02 Å². The first-order valence-corrected chi connectivity index (χ1v) is 5.76. The van der Waals surface area contributed by atoms with Gasteiger partial charge in [0.15, 0.2) is 6.04 Å². The zero-order chi connectivity index (χ0) is 15.3. The molecule has 0 unspecified atom stereocenters. The van der Waals surface area contributed by atoms with E-state index in [1.165, 1.54) is 12.1 Å². The van der Waals surface area contributed by atoms with Crippen LogP contribution < -0.4 is 22.1 Å². The zero-order valence-corrected chi connectivity index (χ0v) is 10.9. The van der Waals surface area contributed by atoms with E-state index in [-0.39, 0.29) is 11.6 Å². The van der Waals surface area contributed by atoms with Gasteiger partial charge in [0.1, 0.15) is 5.82 Å². The van der Waals surface area contributed by atoms with Crippen molar-refractivity contribution < 1.29 is 18.8 Å². The number of rotatable bonds is 5. The fraction of sp³-hybridized carbons (Fsp3) is 0.182. The summed E-state index contributed by atoms with van der Waals surface area (Å²) in [5, 5.41) is 4.26. The van der Waals surface area contributed by atoms with Crippen molar-refractivity contribution in [2.75, 3.05) is 0 Å². The standard InChI is InChI=1S/C11H12ClFN4O3/c12-6-3-5(1-2-7(6)13)4-16-11(20)17-8(9(14)18)10(15)19/h1-3,8H,4H2,(H2,14,18)(H2,15,19)(H2,16,17,20). The summed E-state index contributed by atoms with van der Waals surface area (Å²) in [6.45, 7) is 0.01000. The summed E-state index contributed by atoms with van der Waals surface area (Å²) in [6, 6.07) is 1.46. The van der Waals surface area contributed by atoms with E-state index in [2.05, 4.69) is 5.32 Å². The van der Waals surface area contributed by atoms with E-state index in [9.17, 15) is 18.8 Å². The van der Waals surface area contributed by atoms with Gasteiger partial charge in [0.25, 0.3) is 0 Å². The average Bonchev–Trinajstić information content (AvgIpc) is 2.36. The van der Waals surface area contributed by atoms with Gasteiger partial charge < -0.3 is 22.1 Å². The van der Waals surface area contributed by atoms with Crippen LogP contribution in [0.2, 0.25) is 5.02 Å². The zero-order valence-electron chi connectivity index (χ0n) is 10.2. The number of amides is 4. The Morgan fingerprint density at radius 3 is 2.35 bits per heavy atom. The van der Waals surface area contributed by atoms with E-state index in [1.807, 2.05) is 5.32 Å². The molecule has 1 rings (SSSR count). The van der Waals surface area contributed by atoms with Crippen LogP contribution in [-0.2, 0) is 16.1 Å². The molecule has 0 atom stereocenters. The van der Waals surface area contributed by atoms with Gasteiger partial charge in [-0.25, -0.2) is 9.18 Å². The van der Waals surface area contributed by atoms with Gasteiger partial charge in [-0.3, -0.25) is 9.59 Å². The monoisotopic (exact) mass is 302 g/mol. The third-order valence-corrected chi connectivity index (χ3v) is 2.57. The van der Waals surface area contributed by atoms with Gasteiger partial charge in [-0.15, -0.1) is 0 Å². The number of nitrogens with two attached hydrogens (primary N) is 2. The first-order chi connectivity index (χ1) is 9.31. The number of halogens is 2. The maximum atomic E-state index is 12.9. The minimum absolute atomic E-state index is 0.01000. The fourth-order valence-corrected chi connectivity index (χ4v) is 1.50. The molecule has 7 nitrogen and oxygen atoms in total. The molecular formula is C11H12ClFN4O3. The lowest BCUT2D eigenvalue weighted by Crippen LogP contribution is -2.54. The van der Waals surface area contributed by atoms with Crippen LogP contribution in [0.1, 0.15) is 5.56 Å². The number of benzene rings is 1. The topological polar surface area (TPSA) is 127 Å². The Balaban J connectivity index is 2.56. The van der Waals surface area contributed by atoms with Crippen LogP contribution in [0.15, 0.2) is 18.2 Å². The molecule has 108 valence electrons. The molecule has 0 aromatic heterocycles. The van der Waals surface area contributed by atoms with Crippen LogP contribution in [0.4, 0.5) is 9.18 Å². The van der Waals surface area contributed by atoms with Crippen LogP contribution in [0.25, 0.3) is 0 Å². The Morgan fingerprint density at radius 1 is 1.25 bits per heavy atom. The Morgan fingerprint density at radius 2 is 1.85 bits per heavy atom. The second kappa shape index (κ2) is 6.71. The highest BCUT2D eigenvalue weighted by Crippen LogP contribution is 2.15. The lowest BCUT2D eigenvalue weighted by molar-refractivity contribution is -0.128. The first-order valence-electron chi connectivity index (χ1n) is 5.38. The quantitative estimate of drug-likeness (QED) is 0.553. The van der Waals surface area contributed by atoms with Gasteiger partial charge in [0.2, 0.25) is 11.8 Å². The van der Waals surface area contributed by atoms with Crippen molar-refractivity contribution in [2.24, 2.45) is 11.5 Å². The number of hydrogen-bond donors (Lipinski definition) is 4. The van der Waals surface area contributed by atoms with E-state index in [0.29, 0.717) is 5.56 Å². The van der Waals surface area contributed by atoms with E-state index in [4.69, 9.17) is 23.1 Å². The summed E-state index contributed by atoms with van der Waals surface area (Å²) in [5.41, 5.74) is 10.3. The second-order valence-corrected chi connectivity index (χ2v) is 4.22. The lowest BCUT2D eigenvalue weighted by Gasteiger charge is -2.12. The highest BCUT2D eigenvalue weighted by molar-refractivity contribution is 6.30. The second-order valence-electron chi connectivity index (χ2n) is 3.81. The van der Waals surface area contributed by atoms with Crippen molar-refractivity contribution in [3.63, 3.8) is 0 Å². The number of hydrogen-bond acceptors (Lipinski definition) is 3. The Bertz CT molecular complexity index is 538. The largest absolute Gasteiger partial charge is 0.367 e. The fourth-order valence-electron chi connectivity index (χ4n) is 1.30. The van der Waals surface area contributed by atoms with Crippen molar-refractivity contribution in [1.29, 1.82) is 0 Å². The SMILES string of the molecule is NC(=O)C(NC(=O)NCc1ccc(F)c(Cl)c1)C(N)=O. The van der Waals surface area contributed by atoms with E-state index < -0.39 is 29.7 Å². The molecule has 0 radical (unpaired) electrons. The maximum Gasteiger partial charge on any atom is 0.316 e. The maximum absolute atomic E-state index is 12.9. The molecule has 4 amide bonds. The summed E-state index contributed by atoms with van der Waals surface area (Å²) >= 11 is 5.57. The summed E-state index contributed by atoms with van der Waals surface area (Å²) < 4.78 is 12.9. The molecule has 0 bridgehead atoms. The van der Waals surface area contributed by atoms with Gasteiger partial charge in [0, 0.05) is 6.54 Å². The highest BCUT2D eigenvalue weighted by Gasteiger charge is 2.23. The molecule has 6 N–H and O–H groups in total. The van der Waals surface area contributed by atoms with Gasteiger partial charge >= 0.3 is 6.03 Å². The van der Waals surface area contributed by atoms with Crippen molar-refractivity contribution in [2.45, 2.75) is 12.6 Å². The molecule has 0 spiro atoms. The molecule has 1 aromatic carbocycles. The first kappa shape index (κ1) is 15.7. The van der Waals surface area contributed by atoms with Gasteiger partial charge in [-0.2, -0.15) is 0 Å². The number of primary amides is 2. The minimum atomic E-state index is -1.60. The Hall–Kier alpha value is -2.35. The molecule has 0 fully saturated rings. The van der Waals surface area contributed by atoms with Crippen LogP contribution in [0, 0.1) is 5.82 Å². The molecule has 1 aromatic rings. The molecule has 20 heavy (non-hydrogen) atoms. The third kappa shape index (κ3) is 4.39. The third-order valence-electron chi connectivity index (χ3n) is 2.28. The summed E-state index contributed by atoms with van der Waals surface area (Å²) in [4.78, 5) is 33.1. The number of carbonyl (C=O) groups is 3. The summed E-state index contributed by atoms with van der Waals surface area (Å²) in [5.74, 6) is -2.72. The predicted octanol–water partition coefficient (Wildman–Crippen LogP) is -0.383. The Labute approximate surface area is 118 Å². The van der Waals surface area contributed by atoms with Crippen LogP contribution in [0.3, 0.4) is 0 Å². The van der Waals surface area contributed by atoms with E-state index >= 15 is 0 Å². The molecule has 0 saturated carbocycles. The normalized spacial score (nSPS) is 10.2. The number of carbonyl (C=O) groups excluding carboxylic acids is 3. The smallest absolute Gasteiger partial charge is 0.316 e. The van der Waals surface area contributed by atoms with Crippen LogP contribution >= 0.6 is 11.6 Å². The Kier molecular flexibility index (Phi) is 5.27. The van der Waals surface area contributed by atoms with Crippen LogP contribution in [-0.4, -0.2) is 23.9 Å². The van der Waals surface area contributed by atoms with Crippen LogP contribution in [0.5, 0.6) is 0 Å². The predicted molar refractivity (Wildman–Crippen MR) is 69.0 cm³/mol. The average molecular weight is 303 g/mol. The van der Waals surface area contributed by atoms with Crippen molar-refractivity contribution in [1.82, 2.24) is 10.6 Å². The summed E-state index contributed by atoms with van der Waals surface area (Å²) in [6.07, 6.45) is 0. The van der Waals surface area contributed by atoms with Gasteiger partial charge in [-0.05, 0) is 17.7 Å². The van der Waals surface area contributed by atoms with Crippen molar-refractivity contribution in [3.8, 4) is 0 Å². The number of nitrogens with one attached hydrogen (secondary N) is 2. The molecule has 0 aliphatic carbocycles. The molecule has 0 aliphatic heterocycles. The van der Waals surface area contributed by atoms with E-state index in [0.717, 1.165) is 6.07 Å². The van der Waals surface area contributed by atoms with E-state index in [1.54, 1.807) is 0 Å². The highest BCUT2D eigenvalue weighted by atomic mass is 35.5. The lowest BCUT2D eigenvalue weighted by atomic mass is 10.2. The van der Waals surface area contributed by atoms with Gasteiger partial charge in [-0.1, -0.05) is 17.7 Å². The molecule has 0 saturated heterocycles. The molecule has 9 heteroatoms. The number of urea groups is 1. The molecular weight excluding hydrogens is 291 g/mol.